The smallest absolute Gasteiger partial charge is 0.142 e. The van der Waals surface area contributed by atoms with E-state index < -0.39 is 0 Å². The molecule has 10 heavy (non-hydrogen) atoms. The summed E-state index contributed by atoms with van der Waals surface area (Å²) in [7, 11) is 0. The first kappa shape index (κ1) is 7.89. The van der Waals surface area contributed by atoms with Crippen LogP contribution in [0.1, 0.15) is 5.56 Å². The number of nitrogens with zero attached hydrogens (tertiary/aromatic N) is 1. The van der Waals surface area contributed by atoms with Gasteiger partial charge in [0.25, 0.3) is 0 Å². The van der Waals surface area contributed by atoms with E-state index in [0.29, 0.717) is 5.15 Å². The van der Waals surface area contributed by atoms with Gasteiger partial charge in [0.05, 0.1) is 0 Å². The molecule has 0 N–H and O–H groups in total. The van der Waals surface area contributed by atoms with Crippen LogP contribution in [0.15, 0.2) is 17.2 Å². The van der Waals surface area contributed by atoms with Gasteiger partial charge in [-0.25, -0.2) is 4.98 Å². The number of halogens is 1. The average Bonchev–Trinajstić information content (AvgIpc) is 1.94. The maximum Gasteiger partial charge on any atom is 0.142 e. The molecule has 0 saturated carbocycles. The van der Waals surface area contributed by atoms with E-state index in [-0.39, 0.29) is 0 Å². The second-order valence-electron chi connectivity index (χ2n) is 2.01. The highest BCUT2D eigenvalue weighted by atomic mass is 35.5. The Bertz CT molecular complexity index is 237. The number of aromatic nitrogens is 1. The molecular weight excluding hydrogens is 166 g/mol. The molecule has 0 fully saturated rings. The second kappa shape index (κ2) is 3.26. The Morgan fingerprint density at radius 3 is 2.80 bits per heavy atom. The first-order valence-corrected chi connectivity index (χ1v) is 4.50. The number of rotatable bonds is 1. The molecule has 0 saturated heterocycles. The van der Waals surface area contributed by atoms with Crippen molar-refractivity contribution >= 4 is 23.4 Å². The summed E-state index contributed by atoms with van der Waals surface area (Å²) in [5.74, 6) is 0. The van der Waals surface area contributed by atoms with Gasteiger partial charge in [-0.3, -0.25) is 0 Å². The van der Waals surface area contributed by atoms with Crippen LogP contribution in [0.3, 0.4) is 0 Å². The van der Waals surface area contributed by atoms with E-state index in [2.05, 4.69) is 4.98 Å². The molecule has 0 radical (unpaired) electrons. The molecule has 54 valence electrons. The van der Waals surface area contributed by atoms with Crippen LogP contribution < -0.4 is 0 Å². The third-order valence-electron chi connectivity index (χ3n) is 1.16. The van der Waals surface area contributed by atoms with Gasteiger partial charge in [-0.1, -0.05) is 11.6 Å². The molecule has 0 bridgehead atoms. The predicted molar refractivity (Wildman–Crippen MR) is 45.8 cm³/mol. The Morgan fingerprint density at radius 1 is 1.60 bits per heavy atom. The summed E-state index contributed by atoms with van der Waals surface area (Å²) in [6, 6.07) is 2.03. The molecule has 0 atom stereocenters. The van der Waals surface area contributed by atoms with Crippen molar-refractivity contribution in [3.05, 3.63) is 23.0 Å². The Kier molecular flexibility index (Phi) is 2.57. The first-order chi connectivity index (χ1) is 4.74. The van der Waals surface area contributed by atoms with Gasteiger partial charge in [0.2, 0.25) is 0 Å². The summed E-state index contributed by atoms with van der Waals surface area (Å²) in [5, 5.41) is 0.595. The summed E-state index contributed by atoms with van der Waals surface area (Å²) < 4.78 is 0. The third kappa shape index (κ3) is 1.64. The number of hydrogen-bond donors (Lipinski definition) is 0. The molecule has 1 aromatic heterocycles. The molecule has 0 amide bonds. The van der Waals surface area contributed by atoms with Crippen molar-refractivity contribution in [3.8, 4) is 0 Å². The summed E-state index contributed by atoms with van der Waals surface area (Å²) in [6.45, 7) is 2.00. The van der Waals surface area contributed by atoms with E-state index in [1.54, 1.807) is 18.0 Å². The molecule has 0 aromatic carbocycles. The molecule has 0 unspecified atom stereocenters. The highest BCUT2D eigenvalue weighted by Crippen LogP contribution is 2.23. The van der Waals surface area contributed by atoms with E-state index in [9.17, 15) is 0 Å². The SMILES string of the molecule is CSc1cc(C)cnc1Cl. The molecule has 1 heterocycles. The van der Waals surface area contributed by atoms with E-state index in [0.717, 1.165) is 10.5 Å². The van der Waals surface area contributed by atoms with Crippen LogP contribution >= 0.6 is 23.4 Å². The van der Waals surface area contributed by atoms with Gasteiger partial charge in [0.15, 0.2) is 0 Å². The van der Waals surface area contributed by atoms with Crippen LogP contribution in [0.5, 0.6) is 0 Å². The van der Waals surface area contributed by atoms with Gasteiger partial charge in [-0.2, -0.15) is 0 Å². The lowest BCUT2D eigenvalue weighted by Crippen LogP contribution is -1.80. The van der Waals surface area contributed by atoms with E-state index in [4.69, 9.17) is 11.6 Å². The zero-order valence-electron chi connectivity index (χ0n) is 5.89. The quantitative estimate of drug-likeness (QED) is 0.479. The first-order valence-electron chi connectivity index (χ1n) is 2.90. The monoisotopic (exact) mass is 173 g/mol. The Balaban J connectivity index is 3.09. The van der Waals surface area contributed by atoms with Crippen LogP contribution in [0, 0.1) is 6.92 Å². The van der Waals surface area contributed by atoms with Crippen LogP contribution in [-0.4, -0.2) is 11.2 Å². The minimum absolute atomic E-state index is 0.595. The highest BCUT2D eigenvalue weighted by Gasteiger charge is 1.97. The molecule has 1 aromatic rings. The van der Waals surface area contributed by atoms with Crippen molar-refractivity contribution in [2.24, 2.45) is 0 Å². The zero-order valence-corrected chi connectivity index (χ0v) is 7.46. The molecular formula is C7H8ClNS. The third-order valence-corrected chi connectivity index (χ3v) is 2.33. The molecule has 0 spiro atoms. The summed E-state index contributed by atoms with van der Waals surface area (Å²) >= 11 is 7.38. The largest absolute Gasteiger partial charge is 0.243 e. The van der Waals surface area contributed by atoms with Crippen molar-refractivity contribution in [3.63, 3.8) is 0 Å². The summed E-state index contributed by atoms with van der Waals surface area (Å²) in [5.41, 5.74) is 1.15. The molecule has 3 heteroatoms. The fourth-order valence-corrected chi connectivity index (χ4v) is 1.53. The molecule has 1 nitrogen and oxygen atoms in total. The number of hydrogen-bond acceptors (Lipinski definition) is 2. The van der Waals surface area contributed by atoms with Gasteiger partial charge < -0.3 is 0 Å². The molecule has 0 aliphatic heterocycles. The van der Waals surface area contributed by atoms with Crippen LogP contribution in [0.25, 0.3) is 0 Å². The maximum atomic E-state index is 5.76. The zero-order chi connectivity index (χ0) is 7.56. The fraction of sp³-hybridized carbons (Fsp3) is 0.286. The topological polar surface area (TPSA) is 12.9 Å². The minimum Gasteiger partial charge on any atom is -0.243 e. The number of aryl methyl sites for hydroxylation is 1. The van der Waals surface area contributed by atoms with Crippen LogP contribution in [0.4, 0.5) is 0 Å². The number of pyridine rings is 1. The minimum atomic E-state index is 0.595. The van der Waals surface area contributed by atoms with Crippen molar-refractivity contribution in [2.45, 2.75) is 11.8 Å². The Morgan fingerprint density at radius 2 is 2.30 bits per heavy atom. The Labute approximate surface area is 69.8 Å². The lowest BCUT2D eigenvalue weighted by atomic mass is 10.3. The fourth-order valence-electron chi connectivity index (χ4n) is 0.669. The lowest BCUT2D eigenvalue weighted by Gasteiger charge is -1.98. The highest BCUT2D eigenvalue weighted by molar-refractivity contribution is 7.98. The molecule has 0 aliphatic carbocycles. The van der Waals surface area contributed by atoms with Crippen molar-refractivity contribution in [1.82, 2.24) is 4.98 Å². The maximum absolute atomic E-state index is 5.76. The lowest BCUT2D eigenvalue weighted by molar-refractivity contribution is 1.19. The van der Waals surface area contributed by atoms with E-state index in [1.807, 2.05) is 19.2 Å². The van der Waals surface area contributed by atoms with Gasteiger partial charge in [0.1, 0.15) is 5.15 Å². The predicted octanol–water partition coefficient (Wildman–Crippen LogP) is 2.77. The van der Waals surface area contributed by atoms with Crippen molar-refractivity contribution < 1.29 is 0 Å². The van der Waals surface area contributed by atoms with Gasteiger partial charge in [-0.15, -0.1) is 11.8 Å². The van der Waals surface area contributed by atoms with Gasteiger partial charge in [0, 0.05) is 11.1 Å². The van der Waals surface area contributed by atoms with Gasteiger partial charge >= 0.3 is 0 Å². The Hall–Kier alpha value is -0.210. The van der Waals surface area contributed by atoms with Crippen LogP contribution in [0.2, 0.25) is 5.15 Å². The van der Waals surface area contributed by atoms with Gasteiger partial charge in [-0.05, 0) is 24.8 Å². The van der Waals surface area contributed by atoms with E-state index in [1.165, 1.54) is 0 Å². The number of thioether (sulfide) groups is 1. The normalized spacial score (nSPS) is 9.90. The summed E-state index contributed by atoms with van der Waals surface area (Å²) in [4.78, 5) is 5.04. The van der Waals surface area contributed by atoms with Crippen molar-refractivity contribution in [1.29, 1.82) is 0 Å². The standard InChI is InChI=1S/C7H8ClNS/c1-5-3-6(10-2)7(8)9-4-5/h3-4H,1-2H3. The van der Waals surface area contributed by atoms with E-state index >= 15 is 0 Å². The van der Waals surface area contributed by atoms with Crippen molar-refractivity contribution in [2.75, 3.05) is 6.26 Å². The van der Waals surface area contributed by atoms with Crippen LogP contribution in [-0.2, 0) is 0 Å². The molecule has 1 rings (SSSR count). The summed E-state index contributed by atoms with van der Waals surface area (Å²) in [6.07, 6.45) is 3.75. The second-order valence-corrected chi connectivity index (χ2v) is 3.21. The average molecular weight is 174 g/mol. The molecule has 0 aliphatic rings.